The van der Waals surface area contributed by atoms with Crippen LogP contribution >= 0.6 is 0 Å². The van der Waals surface area contributed by atoms with E-state index in [1.54, 1.807) is 12.1 Å². The number of hydrogen-bond acceptors (Lipinski definition) is 4. The minimum absolute atomic E-state index is 0.243. The monoisotopic (exact) mass is 358 g/mol. The number of benzene rings is 2. The Morgan fingerprint density at radius 2 is 1.77 bits per heavy atom. The molecule has 0 bridgehead atoms. The van der Waals surface area contributed by atoms with E-state index in [1.165, 1.54) is 17.7 Å². The number of nitrogens with one attached hydrogen (secondary N) is 1. The van der Waals surface area contributed by atoms with Crippen LogP contribution in [0.15, 0.2) is 54.6 Å². The molecule has 1 atom stereocenters. The molecule has 1 aliphatic heterocycles. The minimum Gasteiger partial charge on any atom is -0.494 e. The molecule has 2 aromatic carbocycles. The van der Waals surface area contributed by atoms with E-state index in [0.29, 0.717) is 18.4 Å². The number of hydrogen-bond donors (Lipinski definition) is 1. The predicted molar refractivity (Wildman–Crippen MR) is 101 cm³/mol. The zero-order chi connectivity index (χ0) is 18.0. The van der Waals surface area contributed by atoms with Crippen molar-refractivity contribution in [1.29, 1.82) is 0 Å². The number of morpholine rings is 1. The summed E-state index contributed by atoms with van der Waals surface area (Å²) in [6.45, 7) is 6.05. The van der Waals surface area contributed by atoms with Gasteiger partial charge in [-0.3, -0.25) is 4.90 Å². The molecule has 0 amide bonds. The molecule has 0 saturated carbocycles. The highest BCUT2D eigenvalue weighted by Crippen LogP contribution is 2.15. The van der Waals surface area contributed by atoms with Gasteiger partial charge in [0.05, 0.1) is 19.8 Å². The van der Waals surface area contributed by atoms with Crippen molar-refractivity contribution in [2.75, 3.05) is 46.0 Å². The van der Waals surface area contributed by atoms with Gasteiger partial charge in [0.1, 0.15) is 11.6 Å². The van der Waals surface area contributed by atoms with Gasteiger partial charge >= 0.3 is 0 Å². The fourth-order valence-corrected chi connectivity index (χ4v) is 3.08. The lowest BCUT2D eigenvalue weighted by Gasteiger charge is -2.31. The highest BCUT2D eigenvalue weighted by molar-refractivity contribution is 5.22. The molecule has 5 heteroatoms. The van der Waals surface area contributed by atoms with E-state index in [-0.39, 0.29) is 5.82 Å². The Morgan fingerprint density at radius 1 is 1.04 bits per heavy atom. The molecule has 1 fully saturated rings. The second-order valence-corrected chi connectivity index (χ2v) is 6.49. The van der Waals surface area contributed by atoms with Crippen molar-refractivity contribution >= 4 is 0 Å². The summed E-state index contributed by atoms with van der Waals surface area (Å²) >= 11 is 0. The van der Waals surface area contributed by atoms with Gasteiger partial charge in [0.2, 0.25) is 0 Å². The maximum absolute atomic E-state index is 12.9. The predicted octanol–water partition coefficient (Wildman–Crippen LogP) is 3.26. The van der Waals surface area contributed by atoms with Crippen LogP contribution in [0.5, 0.6) is 5.75 Å². The largest absolute Gasteiger partial charge is 0.494 e. The average Bonchev–Trinajstić information content (AvgIpc) is 2.70. The van der Waals surface area contributed by atoms with E-state index < -0.39 is 0 Å². The van der Waals surface area contributed by atoms with Crippen molar-refractivity contribution in [2.45, 2.75) is 12.5 Å². The third kappa shape index (κ3) is 6.09. The summed E-state index contributed by atoms with van der Waals surface area (Å²) in [6, 6.07) is 17.0. The lowest BCUT2D eigenvalue weighted by molar-refractivity contribution is 0.0334. The molecule has 1 unspecified atom stereocenters. The summed E-state index contributed by atoms with van der Waals surface area (Å²) in [4.78, 5) is 2.45. The smallest absolute Gasteiger partial charge is 0.123 e. The van der Waals surface area contributed by atoms with Gasteiger partial charge in [0.15, 0.2) is 0 Å². The number of nitrogens with zero attached hydrogens (tertiary/aromatic N) is 1. The topological polar surface area (TPSA) is 33.7 Å². The van der Waals surface area contributed by atoms with Crippen LogP contribution in [0.1, 0.15) is 18.0 Å². The zero-order valence-electron chi connectivity index (χ0n) is 15.1. The summed E-state index contributed by atoms with van der Waals surface area (Å²) in [7, 11) is 0. The van der Waals surface area contributed by atoms with E-state index in [9.17, 15) is 4.39 Å². The molecule has 26 heavy (non-hydrogen) atoms. The van der Waals surface area contributed by atoms with Crippen LogP contribution in [0, 0.1) is 5.82 Å². The van der Waals surface area contributed by atoms with E-state index in [0.717, 1.165) is 45.8 Å². The number of rotatable bonds is 9. The van der Waals surface area contributed by atoms with Crippen LogP contribution < -0.4 is 10.1 Å². The van der Waals surface area contributed by atoms with E-state index in [4.69, 9.17) is 9.47 Å². The SMILES string of the molecule is Fc1ccc(OCCCNC(CN2CCOCC2)c2ccccc2)cc1. The molecule has 1 saturated heterocycles. The first-order valence-corrected chi connectivity index (χ1v) is 9.28. The first-order chi connectivity index (χ1) is 12.8. The highest BCUT2D eigenvalue weighted by Gasteiger charge is 2.17. The maximum Gasteiger partial charge on any atom is 0.123 e. The molecule has 1 aliphatic rings. The van der Waals surface area contributed by atoms with Crippen LogP contribution in [-0.2, 0) is 4.74 Å². The molecule has 140 valence electrons. The van der Waals surface area contributed by atoms with Gasteiger partial charge in [-0.1, -0.05) is 30.3 Å². The van der Waals surface area contributed by atoms with Gasteiger partial charge in [0.25, 0.3) is 0 Å². The minimum atomic E-state index is -0.243. The Morgan fingerprint density at radius 3 is 2.50 bits per heavy atom. The first kappa shape index (κ1) is 18.8. The third-order valence-corrected chi connectivity index (χ3v) is 4.54. The standard InChI is InChI=1S/C21H27FN2O2/c22-19-7-9-20(10-8-19)26-14-4-11-23-21(18-5-2-1-3-6-18)17-24-12-15-25-16-13-24/h1-3,5-10,21,23H,4,11-17H2. The van der Waals surface area contributed by atoms with Crippen LogP contribution in [0.4, 0.5) is 4.39 Å². The van der Waals surface area contributed by atoms with Crippen molar-refractivity contribution in [3.63, 3.8) is 0 Å². The Hall–Kier alpha value is -1.95. The molecule has 4 nitrogen and oxygen atoms in total. The third-order valence-electron chi connectivity index (χ3n) is 4.54. The van der Waals surface area contributed by atoms with Gasteiger partial charge in [-0.2, -0.15) is 0 Å². The molecule has 2 aromatic rings. The van der Waals surface area contributed by atoms with Crippen LogP contribution in [-0.4, -0.2) is 50.9 Å². The van der Waals surface area contributed by atoms with Crippen molar-refractivity contribution in [3.8, 4) is 5.75 Å². The fourth-order valence-electron chi connectivity index (χ4n) is 3.08. The molecular weight excluding hydrogens is 331 g/mol. The van der Waals surface area contributed by atoms with E-state index in [2.05, 4.69) is 34.5 Å². The van der Waals surface area contributed by atoms with Gasteiger partial charge in [-0.05, 0) is 42.8 Å². The molecule has 0 aromatic heterocycles. The van der Waals surface area contributed by atoms with Crippen molar-refractivity contribution in [3.05, 3.63) is 66.0 Å². The summed E-state index contributed by atoms with van der Waals surface area (Å²) in [5, 5.41) is 3.66. The van der Waals surface area contributed by atoms with Crippen molar-refractivity contribution in [1.82, 2.24) is 10.2 Å². The quantitative estimate of drug-likeness (QED) is 0.698. The summed E-state index contributed by atoms with van der Waals surface area (Å²) in [5.74, 6) is 0.465. The Labute approximate surface area is 154 Å². The van der Waals surface area contributed by atoms with Crippen molar-refractivity contribution in [2.24, 2.45) is 0 Å². The Kier molecular flexibility index (Phi) is 7.43. The van der Waals surface area contributed by atoms with Crippen LogP contribution in [0.25, 0.3) is 0 Å². The maximum atomic E-state index is 12.9. The normalized spacial score (nSPS) is 16.3. The van der Waals surface area contributed by atoms with Crippen LogP contribution in [0.3, 0.4) is 0 Å². The Balaban J connectivity index is 1.45. The van der Waals surface area contributed by atoms with E-state index >= 15 is 0 Å². The molecule has 1 heterocycles. The average molecular weight is 358 g/mol. The fraction of sp³-hybridized carbons (Fsp3) is 0.429. The highest BCUT2D eigenvalue weighted by atomic mass is 19.1. The van der Waals surface area contributed by atoms with Gasteiger partial charge in [0, 0.05) is 25.7 Å². The second kappa shape index (κ2) is 10.3. The second-order valence-electron chi connectivity index (χ2n) is 6.49. The summed E-state index contributed by atoms with van der Waals surface area (Å²) < 4.78 is 24.0. The molecule has 0 aliphatic carbocycles. The van der Waals surface area contributed by atoms with Gasteiger partial charge < -0.3 is 14.8 Å². The molecular formula is C21H27FN2O2. The zero-order valence-corrected chi connectivity index (χ0v) is 15.1. The lowest BCUT2D eigenvalue weighted by Crippen LogP contribution is -2.42. The van der Waals surface area contributed by atoms with Gasteiger partial charge in [-0.25, -0.2) is 4.39 Å². The van der Waals surface area contributed by atoms with Crippen LogP contribution in [0.2, 0.25) is 0 Å². The van der Waals surface area contributed by atoms with Gasteiger partial charge in [-0.15, -0.1) is 0 Å². The molecule has 3 rings (SSSR count). The Bertz CT molecular complexity index is 630. The lowest BCUT2D eigenvalue weighted by atomic mass is 10.1. The number of halogens is 1. The summed E-state index contributed by atoms with van der Waals surface area (Å²) in [6.07, 6.45) is 0.893. The van der Waals surface area contributed by atoms with Crippen molar-refractivity contribution < 1.29 is 13.9 Å². The molecule has 1 N–H and O–H groups in total. The first-order valence-electron chi connectivity index (χ1n) is 9.28. The number of ether oxygens (including phenoxy) is 2. The molecule has 0 radical (unpaired) electrons. The molecule has 0 spiro atoms. The van der Waals surface area contributed by atoms with E-state index in [1.807, 2.05) is 6.07 Å². The summed E-state index contributed by atoms with van der Waals surface area (Å²) in [5.41, 5.74) is 1.30.